The molecule has 22 heavy (non-hydrogen) atoms. The highest BCUT2D eigenvalue weighted by molar-refractivity contribution is 5.78. The van der Waals surface area contributed by atoms with Gasteiger partial charge in [-0.15, -0.1) is 0 Å². The maximum atomic E-state index is 12.0. The van der Waals surface area contributed by atoms with Crippen LogP contribution in [0.4, 0.5) is 0 Å². The van der Waals surface area contributed by atoms with Crippen molar-refractivity contribution in [2.45, 2.75) is 51.5 Å². The molecule has 1 aliphatic rings. The van der Waals surface area contributed by atoms with Crippen LogP contribution >= 0.6 is 0 Å². The van der Waals surface area contributed by atoms with Crippen molar-refractivity contribution >= 4 is 11.9 Å². The van der Waals surface area contributed by atoms with Crippen LogP contribution in [0.15, 0.2) is 18.2 Å². The van der Waals surface area contributed by atoms with Crippen LogP contribution in [-0.4, -0.2) is 29.1 Å². The minimum absolute atomic E-state index is 0.00339. The Morgan fingerprint density at radius 3 is 2.64 bits per heavy atom. The van der Waals surface area contributed by atoms with Gasteiger partial charge in [0.25, 0.3) is 0 Å². The van der Waals surface area contributed by atoms with Gasteiger partial charge in [0.2, 0.25) is 5.91 Å². The van der Waals surface area contributed by atoms with Gasteiger partial charge in [0, 0.05) is 0 Å². The Kier molecular flexibility index (Phi) is 5.06. The van der Waals surface area contributed by atoms with E-state index in [2.05, 4.69) is 5.32 Å². The molecule has 1 aromatic carbocycles. The van der Waals surface area contributed by atoms with E-state index in [4.69, 9.17) is 9.84 Å². The molecule has 1 aromatic rings. The second-order valence-corrected chi connectivity index (χ2v) is 6.12. The molecule has 0 heterocycles. The third-order valence-corrected chi connectivity index (χ3v) is 4.14. The molecule has 5 heteroatoms. The number of rotatable bonds is 7. The molecule has 0 bridgehead atoms. The van der Waals surface area contributed by atoms with E-state index in [0.29, 0.717) is 6.61 Å². The molecular formula is C17H23NO4. The van der Waals surface area contributed by atoms with Crippen LogP contribution in [0.2, 0.25) is 0 Å². The number of benzene rings is 1. The zero-order valence-electron chi connectivity index (χ0n) is 13.1. The maximum absolute atomic E-state index is 12.0. The minimum atomic E-state index is -0.869. The Bertz CT molecular complexity index is 564. The Morgan fingerprint density at radius 1 is 1.32 bits per heavy atom. The quantitative estimate of drug-likeness (QED) is 0.812. The summed E-state index contributed by atoms with van der Waals surface area (Å²) in [7, 11) is 0. The average Bonchev–Trinajstić information content (AvgIpc) is 2.39. The molecular weight excluding hydrogens is 282 g/mol. The van der Waals surface area contributed by atoms with Crippen LogP contribution in [0.1, 0.15) is 43.2 Å². The third-order valence-electron chi connectivity index (χ3n) is 4.14. The summed E-state index contributed by atoms with van der Waals surface area (Å²) in [4.78, 5) is 22.9. The Hall–Kier alpha value is -2.04. The second-order valence-electron chi connectivity index (χ2n) is 6.12. The van der Waals surface area contributed by atoms with Crippen molar-refractivity contribution in [2.24, 2.45) is 0 Å². The minimum Gasteiger partial charge on any atom is -0.493 e. The van der Waals surface area contributed by atoms with Crippen LogP contribution in [0.3, 0.4) is 0 Å². The first-order valence-corrected chi connectivity index (χ1v) is 7.63. The molecule has 0 aliphatic heterocycles. The van der Waals surface area contributed by atoms with Crippen molar-refractivity contribution in [3.8, 4) is 5.75 Å². The topological polar surface area (TPSA) is 75.6 Å². The summed E-state index contributed by atoms with van der Waals surface area (Å²) >= 11 is 0. The average molecular weight is 305 g/mol. The lowest BCUT2D eigenvalue weighted by atomic mass is 9.74. The van der Waals surface area contributed by atoms with E-state index in [-0.39, 0.29) is 18.7 Å². The van der Waals surface area contributed by atoms with Crippen molar-refractivity contribution in [3.05, 3.63) is 29.3 Å². The fraction of sp³-hybridized carbons (Fsp3) is 0.529. The molecule has 2 N–H and O–H groups in total. The van der Waals surface area contributed by atoms with Gasteiger partial charge in [0.15, 0.2) is 0 Å². The lowest BCUT2D eigenvalue weighted by Crippen LogP contribution is -2.54. The summed E-state index contributed by atoms with van der Waals surface area (Å²) in [6.07, 6.45) is 2.67. The lowest BCUT2D eigenvalue weighted by Gasteiger charge is -2.41. The Balaban J connectivity index is 1.80. The summed E-state index contributed by atoms with van der Waals surface area (Å²) in [5.74, 6) is -0.227. The fourth-order valence-corrected chi connectivity index (χ4v) is 2.71. The van der Waals surface area contributed by atoms with Crippen LogP contribution < -0.4 is 10.1 Å². The first kappa shape index (κ1) is 16.3. The van der Waals surface area contributed by atoms with Gasteiger partial charge < -0.3 is 15.2 Å². The number of hydrogen-bond donors (Lipinski definition) is 2. The van der Waals surface area contributed by atoms with Crippen molar-refractivity contribution < 1.29 is 19.4 Å². The summed E-state index contributed by atoms with van der Waals surface area (Å²) in [5.41, 5.74) is 1.61. The van der Waals surface area contributed by atoms with Crippen LogP contribution in [0, 0.1) is 13.8 Å². The van der Waals surface area contributed by atoms with E-state index in [9.17, 15) is 9.59 Å². The highest BCUT2D eigenvalue weighted by Gasteiger charge is 2.40. The van der Waals surface area contributed by atoms with Crippen molar-refractivity contribution in [2.75, 3.05) is 6.61 Å². The molecule has 1 aliphatic carbocycles. The largest absolute Gasteiger partial charge is 0.493 e. The molecule has 0 saturated heterocycles. The van der Waals surface area contributed by atoms with E-state index in [0.717, 1.165) is 36.1 Å². The summed E-state index contributed by atoms with van der Waals surface area (Å²) in [6.45, 7) is 4.25. The molecule has 0 unspecified atom stereocenters. The number of carbonyl (C=O) groups is 2. The standard InChI is InChI=1S/C17H23NO4/c1-12-4-5-13(2)14(10-12)22-9-6-15(19)18-17(7-3-8-17)11-16(20)21/h4-5,10H,3,6-9,11H2,1-2H3,(H,18,19)(H,20,21). The number of aliphatic carboxylic acids is 1. The van der Waals surface area contributed by atoms with Gasteiger partial charge in [0.05, 0.1) is 25.0 Å². The summed E-state index contributed by atoms with van der Waals surface area (Å²) in [5, 5.41) is 11.8. The maximum Gasteiger partial charge on any atom is 0.305 e. The number of amides is 1. The van der Waals surface area contributed by atoms with Crippen LogP contribution in [-0.2, 0) is 9.59 Å². The highest BCUT2D eigenvalue weighted by Crippen LogP contribution is 2.35. The molecule has 1 amide bonds. The van der Waals surface area contributed by atoms with Gasteiger partial charge in [-0.3, -0.25) is 9.59 Å². The SMILES string of the molecule is Cc1ccc(C)c(OCCC(=O)NC2(CC(=O)O)CCC2)c1. The molecule has 1 saturated carbocycles. The number of carboxylic acids is 1. The van der Waals surface area contributed by atoms with Crippen LogP contribution in [0.25, 0.3) is 0 Å². The van der Waals surface area contributed by atoms with Gasteiger partial charge in [0.1, 0.15) is 5.75 Å². The second kappa shape index (κ2) is 6.81. The van der Waals surface area contributed by atoms with Crippen molar-refractivity contribution in [3.63, 3.8) is 0 Å². The molecule has 1 fully saturated rings. The van der Waals surface area contributed by atoms with Gasteiger partial charge in [-0.05, 0) is 50.3 Å². The fourth-order valence-electron chi connectivity index (χ4n) is 2.71. The van der Waals surface area contributed by atoms with Crippen molar-refractivity contribution in [1.82, 2.24) is 5.32 Å². The van der Waals surface area contributed by atoms with Gasteiger partial charge in [-0.1, -0.05) is 12.1 Å². The summed E-state index contributed by atoms with van der Waals surface area (Å²) in [6, 6.07) is 5.95. The first-order valence-electron chi connectivity index (χ1n) is 7.63. The molecule has 0 radical (unpaired) electrons. The predicted octanol–water partition coefficient (Wildman–Crippen LogP) is 2.59. The number of nitrogens with one attached hydrogen (secondary N) is 1. The van der Waals surface area contributed by atoms with Gasteiger partial charge in [-0.25, -0.2) is 0 Å². The molecule has 0 spiro atoms. The lowest BCUT2D eigenvalue weighted by molar-refractivity contribution is -0.140. The molecule has 120 valence electrons. The smallest absolute Gasteiger partial charge is 0.305 e. The monoisotopic (exact) mass is 305 g/mol. The predicted molar refractivity (Wildman–Crippen MR) is 83.0 cm³/mol. The Labute approximate surface area is 130 Å². The number of carbonyl (C=O) groups excluding carboxylic acids is 1. The van der Waals surface area contributed by atoms with E-state index in [1.807, 2.05) is 32.0 Å². The number of ether oxygens (including phenoxy) is 1. The van der Waals surface area contributed by atoms with Gasteiger partial charge >= 0.3 is 5.97 Å². The number of aryl methyl sites for hydroxylation is 2. The highest BCUT2D eigenvalue weighted by atomic mass is 16.5. The first-order chi connectivity index (χ1) is 10.4. The number of hydrogen-bond acceptors (Lipinski definition) is 3. The van der Waals surface area contributed by atoms with E-state index >= 15 is 0 Å². The molecule has 5 nitrogen and oxygen atoms in total. The summed E-state index contributed by atoms with van der Waals surface area (Å²) < 4.78 is 5.66. The van der Waals surface area contributed by atoms with E-state index in [1.54, 1.807) is 0 Å². The molecule has 0 aromatic heterocycles. The zero-order chi connectivity index (χ0) is 16.2. The van der Waals surface area contributed by atoms with E-state index in [1.165, 1.54) is 0 Å². The zero-order valence-corrected chi connectivity index (χ0v) is 13.1. The van der Waals surface area contributed by atoms with Crippen LogP contribution in [0.5, 0.6) is 5.75 Å². The third kappa shape index (κ3) is 4.23. The van der Waals surface area contributed by atoms with E-state index < -0.39 is 11.5 Å². The van der Waals surface area contributed by atoms with Crippen molar-refractivity contribution in [1.29, 1.82) is 0 Å². The Morgan fingerprint density at radius 2 is 2.05 bits per heavy atom. The normalized spacial score (nSPS) is 15.7. The molecule has 0 atom stereocenters. The molecule has 2 rings (SSSR count). The number of carboxylic acid groups (broad SMARTS) is 1. The van der Waals surface area contributed by atoms with Gasteiger partial charge in [-0.2, -0.15) is 0 Å².